The van der Waals surface area contributed by atoms with Crippen LogP contribution in [0.4, 0.5) is 0 Å². The zero-order valence-electron chi connectivity index (χ0n) is 14.0. The van der Waals surface area contributed by atoms with E-state index in [4.69, 9.17) is 0 Å². The standard InChI is InChI=1S/C21H22BrNO2/c1-2-9-20(21(24)25)23(15-18-12-7-4-8-13-18)16-19(22)14-17-10-5-3-6-11-17/h2-8,10-14,20H,1,9,15-16H2,(H,24,25). The SMILES string of the molecule is C=CCC(C(=O)O)N(CC(Br)=Cc1ccccc1)Cc1ccccc1. The summed E-state index contributed by atoms with van der Waals surface area (Å²) in [5.41, 5.74) is 2.16. The highest BCUT2D eigenvalue weighted by molar-refractivity contribution is 9.11. The Morgan fingerprint density at radius 3 is 2.28 bits per heavy atom. The van der Waals surface area contributed by atoms with Gasteiger partial charge in [-0.1, -0.05) is 82.7 Å². The van der Waals surface area contributed by atoms with Crippen LogP contribution in [0.25, 0.3) is 6.08 Å². The third-order valence-electron chi connectivity index (χ3n) is 3.82. The van der Waals surface area contributed by atoms with Crippen LogP contribution in [0.2, 0.25) is 0 Å². The Morgan fingerprint density at radius 1 is 1.12 bits per heavy atom. The topological polar surface area (TPSA) is 40.5 Å². The first-order chi connectivity index (χ1) is 12.1. The molecule has 0 aliphatic carbocycles. The van der Waals surface area contributed by atoms with Crippen LogP contribution in [0.3, 0.4) is 0 Å². The van der Waals surface area contributed by atoms with Gasteiger partial charge in [-0.3, -0.25) is 9.69 Å². The predicted octanol–water partition coefficient (Wildman–Crippen LogP) is 4.95. The van der Waals surface area contributed by atoms with Crippen molar-refractivity contribution >= 4 is 28.0 Å². The van der Waals surface area contributed by atoms with Crippen molar-refractivity contribution in [2.75, 3.05) is 6.54 Å². The average molecular weight is 400 g/mol. The monoisotopic (exact) mass is 399 g/mol. The lowest BCUT2D eigenvalue weighted by atomic mass is 10.1. The second-order valence-electron chi connectivity index (χ2n) is 5.77. The summed E-state index contributed by atoms with van der Waals surface area (Å²) in [5, 5.41) is 9.63. The number of hydrogen-bond acceptors (Lipinski definition) is 2. The molecule has 1 unspecified atom stereocenters. The van der Waals surface area contributed by atoms with Crippen LogP contribution in [-0.2, 0) is 11.3 Å². The van der Waals surface area contributed by atoms with Gasteiger partial charge in [0, 0.05) is 17.6 Å². The molecule has 0 amide bonds. The van der Waals surface area contributed by atoms with E-state index >= 15 is 0 Å². The number of halogens is 1. The zero-order chi connectivity index (χ0) is 18.1. The Morgan fingerprint density at radius 2 is 1.72 bits per heavy atom. The van der Waals surface area contributed by atoms with Crippen LogP contribution >= 0.6 is 15.9 Å². The molecule has 0 fully saturated rings. The Labute approximate surface area is 157 Å². The minimum atomic E-state index is -0.837. The third kappa shape index (κ3) is 6.33. The van der Waals surface area contributed by atoms with E-state index in [9.17, 15) is 9.90 Å². The maximum Gasteiger partial charge on any atom is 0.321 e. The van der Waals surface area contributed by atoms with E-state index in [-0.39, 0.29) is 0 Å². The summed E-state index contributed by atoms with van der Waals surface area (Å²) < 4.78 is 0.935. The van der Waals surface area contributed by atoms with Crippen molar-refractivity contribution in [2.24, 2.45) is 0 Å². The summed E-state index contributed by atoms with van der Waals surface area (Å²) in [4.78, 5) is 13.7. The van der Waals surface area contributed by atoms with Crippen LogP contribution in [0.15, 0.2) is 77.8 Å². The van der Waals surface area contributed by atoms with Crippen LogP contribution < -0.4 is 0 Å². The third-order valence-corrected chi connectivity index (χ3v) is 4.30. The van der Waals surface area contributed by atoms with Crippen molar-refractivity contribution in [3.8, 4) is 0 Å². The smallest absolute Gasteiger partial charge is 0.321 e. The van der Waals surface area contributed by atoms with Crippen molar-refractivity contribution < 1.29 is 9.90 Å². The van der Waals surface area contributed by atoms with Crippen molar-refractivity contribution in [3.05, 3.63) is 88.9 Å². The van der Waals surface area contributed by atoms with Crippen molar-refractivity contribution in [2.45, 2.75) is 19.0 Å². The quantitative estimate of drug-likeness (QED) is 0.606. The molecule has 0 bridgehead atoms. The second-order valence-corrected chi connectivity index (χ2v) is 6.79. The summed E-state index contributed by atoms with van der Waals surface area (Å²) >= 11 is 3.60. The van der Waals surface area contributed by atoms with Crippen LogP contribution in [0.1, 0.15) is 17.5 Å². The van der Waals surface area contributed by atoms with Gasteiger partial charge in [0.2, 0.25) is 0 Å². The fourth-order valence-corrected chi connectivity index (χ4v) is 3.21. The number of carboxylic acid groups (broad SMARTS) is 1. The van der Waals surface area contributed by atoms with Gasteiger partial charge in [-0.2, -0.15) is 0 Å². The molecule has 2 rings (SSSR count). The van der Waals surface area contributed by atoms with E-state index in [1.807, 2.05) is 71.6 Å². The first kappa shape index (κ1) is 19.2. The molecule has 1 atom stereocenters. The molecule has 0 radical (unpaired) electrons. The maximum atomic E-state index is 11.7. The van der Waals surface area contributed by atoms with Gasteiger partial charge in [0.15, 0.2) is 0 Å². The Hall–Kier alpha value is -2.17. The van der Waals surface area contributed by atoms with E-state index in [2.05, 4.69) is 22.5 Å². The average Bonchev–Trinajstić information content (AvgIpc) is 2.60. The molecule has 3 nitrogen and oxygen atoms in total. The fraction of sp³-hybridized carbons (Fsp3) is 0.190. The number of carbonyl (C=O) groups is 1. The van der Waals surface area contributed by atoms with Gasteiger partial charge in [0.1, 0.15) is 6.04 Å². The van der Waals surface area contributed by atoms with Gasteiger partial charge in [-0.15, -0.1) is 6.58 Å². The van der Waals surface area contributed by atoms with Crippen LogP contribution in [-0.4, -0.2) is 28.6 Å². The van der Waals surface area contributed by atoms with Gasteiger partial charge in [-0.25, -0.2) is 0 Å². The van der Waals surface area contributed by atoms with E-state index < -0.39 is 12.0 Å². The lowest BCUT2D eigenvalue weighted by molar-refractivity contribution is -0.143. The summed E-state index contributed by atoms with van der Waals surface area (Å²) in [5.74, 6) is -0.837. The molecule has 130 valence electrons. The molecule has 1 N–H and O–H groups in total. The van der Waals surface area contributed by atoms with E-state index in [0.717, 1.165) is 15.6 Å². The molecular formula is C21H22BrNO2. The molecule has 0 spiro atoms. The van der Waals surface area contributed by atoms with Crippen molar-refractivity contribution in [1.82, 2.24) is 4.90 Å². The van der Waals surface area contributed by atoms with Gasteiger partial charge < -0.3 is 5.11 Å². The number of nitrogens with zero attached hydrogens (tertiary/aromatic N) is 1. The first-order valence-electron chi connectivity index (χ1n) is 8.13. The lowest BCUT2D eigenvalue weighted by Gasteiger charge is -2.28. The molecule has 0 heterocycles. The molecule has 4 heteroatoms. The van der Waals surface area contributed by atoms with Crippen molar-refractivity contribution in [3.63, 3.8) is 0 Å². The van der Waals surface area contributed by atoms with E-state index in [1.54, 1.807) is 6.08 Å². The number of rotatable bonds is 9. The molecular weight excluding hydrogens is 378 g/mol. The summed E-state index contributed by atoms with van der Waals surface area (Å²) in [6.07, 6.45) is 4.07. The predicted molar refractivity (Wildman–Crippen MR) is 106 cm³/mol. The van der Waals surface area contributed by atoms with Crippen LogP contribution in [0.5, 0.6) is 0 Å². The van der Waals surface area contributed by atoms with Crippen LogP contribution in [0, 0.1) is 0 Å². The molecule has 0 aliphatic heterocycles. The molecule has 0 saturated carbocycles. The largest absolute Gasteiger partial charge is 0.480 e. The fourth-order valence-electron chi connectivity index (χ4n) is 2.63. The molecule has 2 aromatic carbocycles. The highest BCUT2D eigenvalue weighted by Gasteiger charge is 2.24. The highest BCUT2D eigenvalue weighted by atomic mass is 79.9. The Kier molecular flexibility index (Phi) is 7.64. The number of aliphatic carboxylic acids is 1. The number of hydrogen-bond donors (Lipinski definition) is 1. The molecule has 25 heavy (non-hydrogen) atoms. The number of benzene rings is 2. The molecule has 0 aromatic heterocycles. The highest BCUT2D eigenvalue weighted by Crippen LogP contribution is 2.19. The van der Waals surface area contributed by atoms with Gasteiger partial charge in [-0.05, 0) is 23.6 Å². The second kappa shape index (κ2) is 9.97. The molecule has 0 aliphatic rings. The minimum Gasteiger partial charge on any atom is -0.480 e. The minimum absolute atomic E-state index is 0.397. The van der Waals surface area contributed by atoms with E-state index in [0.29, 0.717) is 19.5 Å². The lowest BCUT2D eigenvalue weighted by Crippen LogP contribution is -2.41. The van der Waals surface area contributed by atoms with Gasteiger partial charge >= 0.3 is 5.97 Å². The maximum absolute atomic E-state index is 11.7. The Bertz CT molecular complexity index is 713. The van der Waals surface area contributed by atoms with Gasteiger partial charge in [0.25, 0.3) is 0 Å². The molecule has 2 aromatic rings. The number of carboxylic acids is 1. The summed E-state index contributed by atoms with van der Waals surface area (Å²) in [7, 11) is 0. The van der Waals surface area contributed by atoms with E-state index in [1.165, 1.54) is 0 Å². The van der Waals surface area contributed by atoms with Gasteiger partial charge in [0.05, 0.1) is 0 Å². The first-order valence-corrected chi connectivity index (χ1v) is 8.92. The zero-order valence-corrected chi connectivity index (χ0v) is 15.6. The molecule has 0 saturated heterocycles. The van der Waals surface area contributed by atoms with Crippen molar-refractivity contribution in [1.29, 1.82) is 0 Å². The Balaban J connectivity index is 2.22. The normalized spacial score (nSPS) is 12.8. The summed E-state index contributed by atoms with van der Waals surface area (Å²) in [6, 6.07) is 19.2. The summed E-state index contributed by atoms with van der Waals surface area (Å²) in [6.45, 7) is 4.77.